The highest BCUT2D eigenvalue weighted by molar-refractivity contribution is 6.11. The smallest absolute Gasteiger partial charge is 0.135 e. The van der Waals surface area contributed by atoms with Crippen LogP contribution in [0.1, 0.15) is 30.5 Å². The molecule has 1 nitrogen and oxygen atoms in total. The molecule has 0 N–H and O–H groups in total. The van der Waals surface area contributed by atoms with Crippen LogP contribution in [0.3, 0.4) is 0 Å². The average Bonchev–Trinajstić information content (AvgIpc) is 3.68. The highest BCUT2D eigenvalue weighted by Gasteiger charge is 2.38. The Morgan fingerprint density at radius 1 is 0.396 bits per heavy atom. The Morgan fingerprint density at radius 3 is 1.91 bits per heavy atom. The maximum absolute atomic E-state index is 6.22. The van der Waals surface area contributed by atoms with Gasteiger partial charge >= 0.3 is 0 Å². The summed E-state index contributed by atoms with van der Waals surface area (Å²) in [6, 6.07) is 64.2. The first-order chi connectivity index (χ1) is 26.0. The first-order valence-corrected chi connectivity index (χ1v) is 18.5. The molecule has 1 aliphatic carbocycles. The van der Waals surface area contributed by atoms with Crippen LogP contribution in [-0.4, -0.2) is 0 Å². The van der Waals surface area contributed by atoms with Crippen LogP contribution >= 0.6 is 0 Å². The number of rotatable bonds is 3. The molecular formula is C52H38O. The van der Waals surface area contributed by atoms with E-state index in [2.05, 4.69) is 185 Å². The summed E-state index contributed by atoms with van der Waals surface area (Å²) in [5.74, 6) is 0. The second-order valence-corrected chi connectivity index (χ2v) is 14.8. The zero-order chi connectivity index (χ0) is 35.7. The third-order valence-corrected chi connectivity index (χ3v) is 11.4. The molecule has 0 radical (unpaired) electrons. The van der Waals surface area contributed by atoms with Crippen LogP contribution in [0.2, 0.25) is 0 Å². The molecule has 0 spiro atoms. The van der Waals surface area contributed by atoms with E-state index in [1.807, 2.05) is 12.1 Å². The van der Waals surface area contributed by atoms with Crippen LogP contribution in [0.15, 0.2) is 180 Å². The van der Waals surface area contributed by atoms with Crippen LogP contribution < -0.4 is 0 Å². The Hall–Kier alpha value is -6.44. The van der Waals surface area contributed by atoms with Gasteiger partial charge in [0.1, 0.15) is 11.2 Å². The van der Waals surface area contributed by atoms with Gasteiger partial charge in [-0.25, -0.2) is 0 Å². The van der Waals surface area contributed by atoms with Crippen molar-refractivity contribution in [2.45, 2.75) is 26.2 Å². The fourth-order valence-corrected chi connectivity index (χ4v) is 9.05. The van der Waals surface area contributed by atoms with Crippen molar-refractivity contribution in [2.75, 3.05) is 0 Å². The molecule has 0 saturated heterocycles. The maximum Gasteiger partial charge on any atom is 0.135 e. The van der Waals surface area contributed by atoms with Crippen molar-refractivity contribution in [3.8, 4) is 44.5 Å². The van der Waals surface area contributed by atoms with Crippen LogP contribution in [-0.2, 0) is 5.41 Å². The van der Waals surface area contributed by atoms with Gasteiger partial charge in [-0.05, 0) is 108 Å². The van der Waals surface area contributed by atoms with Crippen LogP contribution in [0.5, 0.6) is 0 Å². The Bertz CT molecular complexity index is 2990. The molecule has 53 heavy (non-hydrogen) atoms. The number of furan rings is 1. The van der Waals surface area contributed by atoms with Crippen molar-refractivity contribution in [3.05, 3.63) is 193 Å². The Kier molecular flexibility index (Phi) is 7.13. The number of fused-ring (bicyclic) bond motifs is 9. The molecule has 0 atom stereocenters. The average molecular weight is 679 g/mol. The monoisotopic (exact) mass is 678 g/mol. The van der Waals surface area contributed by atoms with E-state index in [-0.39, 0.29) is 5.41 Å². The molecule has 1 heteroatoms. The predicted molar refractivity (Wildman–Crippen MR) is 225 cm³/mol. The van der Waals surface area contributed by atoms with E-state index >= 15 is 0 Å². The van der Waals surface area contributed by atoms with Crippen molar-refractivity contribution in [1.29, 1.82) is 0 Å². The second-order valence-electron chi connectivity index (χ2n) is 14.8. The molecule has 9 aromatic rings. The van der Waals surface area contributed by atoms with Crippen LogP contribution in [0.4, 0.5) is 0 Å². The molecule has 1 aromatic heterocycles. The third kappa shape index (κ3) is 4.85. The van der Waals surface area contributed by atoms with E-state index in [1.165, 1.54) is 82.7 Å². The minimum absolute atomic E-state index is 0.141. The first-order valence-electron chi connectivity index (χ1n) is 18.5. The van der Waals surface area contributed by atoms with Gasteiger partial charge < -0.3 is 4.42 Å². The van der Waals surface area contributed by atoms with Gasteiger partial charge in [0.15, 0.2) is 0 Å². The highest BCUT2D eigenvalue weighted by atomic mass is 16.3. The molecule has 0 aliphatic heterocycles. The largest absolute Gasteiger partial charge is 0.456 e. The molecule has 8 aromatic carbocycles. The summed E-state index contributed by atoms with van der Waals surface area (Å²) in [6.45, 7) is 7.02. The van der Waals surface area contributed by atoms with E-state index in [0.717, 1.165) is 21.9 Å². The highest BCUT2D eigenvalue weighted by Crippen LogP contribution is 2.55. The molecule has 1 aliphatic rings. The summed E-state index contributed by atoms with van der Waals surface area (Å²) in [5, 5.41) is 7.32. The van der Waals surface area contributed by atoms with Gasteiger partial charge in [-0.3, -0.25) is 0 Å². The lowest BCUT2D eigenvalue weighted by Gasteiger charge is -2.23. The van der Waals surface area contributed by atoms with Gasteiger partial charge in [-0.15, -0.1) is 0 Å². The summed E-state index contributed by atoms with van der Waals surface area (Å²) in [6.07, 6.45) is 0. The molecule has 0 fully saturated rings. The Morgan fingerprint density at radius 2 is 1.04 bits per heavy atom. The van der Waals surface area contributed by atoms with E-state index < -0.39 is 0 Å². The zero-order valence-electron chi connectivity index (χ0n) is 30.2. The summed E-state index contributed by atoms with van der Waals surface area (Å²) in [7, 11) is 0. The van der Waals surface area contributed by atoms with E-state index in [9.17, 15) is 0 Å². The number of hydrogen-bond donors (Lipinski definition) is 0. The quantitative estimate of drug-likeness (QED) is 0.181. The van der Waals surface area contributed by atoms with Gasteiger partial charge in [0.2, 0.25) is 0 Å². The summed E-state index contributed by atoms with van der Waals surface area (Å²) < 4.78 is 6.22. The minimum atomic E-state index is -0.141. The fourth-order valence-electron chi connectivity index (χ4n) is 9.05. The Labute approximate surface area is 310 Å². The van der Waals surface area contributed by atoms with Gasteiger partial charge in [-0.1, -0.05) is 172 Å². The Balaban J connectivity index is 1.27. The van der Waals surface area contributed by atoms with Gasteiger partial charge in [0, 0.05) is 16.2 Å². The van der Waals surface area contributed by atoms with E-state index in [0.29, 0.717) is 0 Å². The molecule has 10 rings (SSSR count). The zero-order valence-corrected chi connectivity index (χ0v) is 30.2. The number of hydrogen-bond acceptors (Lipinski definition) is 1. The van der Waals surface area contributed by atoms with Crippen molar-refractivity contribution < 1.29 is 4.42 Å². The van der Waals surface area contributed by atoms with Crippen molar-refractivity contribution >= 4 is 43.5 Å². The lowest BCUT2D eigenvalue weighted by atomic mass is 9.80. The first kappa shape index (κ1) is 31.3. The summed E-state index contributed by atoms with van der Waals surface area (Å²) in [4.78, 5) is 0. The second kappa shape index (κ2) is 12.1. The predicted octanol–water partition coefficient (Wildman–Crippen LogP) is 14.6. The molecule has 0 saturated carbocycles. The van der Waals surface area contributed by atoms with Gasteiger partial charge in [0.05, 0.1) is 0 Å². The van der Waals surface area contributed by atoms with E-state index in [1.54, 1.807) is 0 Å². The summed E-state index contributed by atoms with van der Waals surface area (Å²) >= 11 is 0. The molecule has 252 valence electrons. The minimum Gasteiger partial charge on any atom is -0.456 e. The van der Waals surface area contributed by atoms with Crippen molar-refractivity contribution in [1.82, 2.24) is 0 Å². The van der Waals surface area contributed by atoms with Crippen molar-refractivity contribution in [2.24, 2.45) is 0 Å². The topological polar surface area (TPSA) is 13.1 Å². The van der Waals surface area contributed by atoms with Crippen LogP contribution in [0, 0.1) is 6.92 Å². The van der Waals surface area contributed by atoms with Crippen molar-refractivity contribution in [3.63, 3.8) is 0 Å². The number of benzene rings is 7. The molecule has 0 bridgehead atoms. The standard InChI is InChI=1S/C52H38O/c1-33-16-5-4-6-20-39(43-25-15-26-46-50(43)44-30-28-34-17-7-8-19-37(34)51(44)52(46,2)3)38-21-10-12-24-42(38)49(33)41-23-11-9-18-36(41)35-29-31-48-45(32-35)40-22-13-14-27-47(40)53-48/h4-32H,1-3H3. The van der Waals surface area contributed by atoms with Gasteiger partial charge in [-0.2, -0.15) is 0 Å². The van der Waals surface area contributed by atoms with Crippen LogP contribution in [0.25, 0.3) is 88.0 Å². The molecule has 0 unspecified atom stereocenters. The van der Waals surface area contributed by atoms with E-state index in [4.69, 9.17) is 4.42 Å². The third-order valence-electron chi connectivity index (χ3n) is 11.4. The summed E-state index contributed by atoms with van der Waals surface area (Å²) in [5.41, 5.74) is 15.6. The number of para-hydroxylation sites is 1. The fraction of sp³-hybridized carbons (Fsp3) is 0.0769. The number of aryl methyl sites for hydroxylation is 1. The molecule has 0 amide bonds. The maximum atomic E-state index is 6.22. The van der Waals surface area contributed by atoms with Gasteiger partial charge in [0.25, 0.3) is 0 Å². The lowest BCUT2D eigenvalue weighted by molar-refractivity contribution is 0.666. The molecule has 1 heterocycles. The molecular weight excluding hydrogens is 641 g/mol. The lowest BCUT2D eigenvalue weighted by Crippen LogP contribution is -2.15. The SMILES string of the molecule is Cc1cccccc(-c2cccc3c2-c2ccc4ccccc4c2C3(C)C)c2ccccc2c1-c1ccccc1-c1ccc2oc3ccccc3c2c1. The normalized spacial score (nSPS) is 13.0.